The number of hydrogen-bond donors (Lipinski definition) is 2. The summed E-state index contributed by atoms with van der Waals surface area (Å²) in [4.78, 5) is 19.9. The molecule has 1 aliphatic rings. The number of benzene rings is 2. The van der Waals surface area contributed by atoms with Gasteiger partial charge in [-0.15, -0.1) is 0 Å². The molecule has 218 valence electrons. The average Bonchev–Trinajstić information content (AvgIpc) is 2.89. The molecule has 1 amide bonds. The molecule has 0 aromatic heterocycles. The topological polar surface area (TPSA) is 91.4 Å². The number of halogens is 7. The predicted molar refractivity (Wildman–Crippen MR) is 134 cm³/mol. The molecular formula is C26H27F7N4O3. The van der Waals surface area contributed by atoms with Gasteiger partial charge < -0.3 is 20.5 Å². The average molecular weight is 577 g/mol. The van der Waals surface area contributed by atoms with E-state index in [2.05, 4.69) is 4.99 Å². The number of nitrogens with zero attached hydrogens (tertiary/aromatic N) is 3. The highest BCUT2D eigenvalue weighted by Crippen LogP contribution is 2.44. The summed E-state index contributed by atoms with van der Waals surface area (Å²) in [6, 6.07) is 4.30. The minimum atomic E-state index is -5.35. The van der Waals surface area contributed by atoms with E-state index >= 15 is 0 Å². The molecule has 7 nitrogen and oxygen atoms in total. The van der Waals surface area contributed by atoms with Crippen LogP contribution in [0, 0.1) is 5.82 Å². The molecule has 2 aromatic carbocycles. The number of anilines is 1. The Labute approximate surface area is 225 Å². The van der Waals surface area contributed by atoms with Crippen molar-refractivity contribution in [3.05, 3.63) is 65.1 Å². The van der Waals surface area contributed by atoms with Crippen LogP contribution in [0.25, 0.3) is 5.57 Å². The molecule has 0 aliphatic carbocycles. The molecule has 0 bridgehead atoms. The van der Waals surface area contributed by atoms with E-state index in [1.54, 1.807) is 0 Å². The number of aliphatic hydroxyl groups excluding tert-OH is 1. The predicted octanol–water partition coefficient (Wildman–Crippen LogP) is 5.33. The zero-order valence-electron chi connectivity index (χ0n) is 21.3. The number of likely N-dealkylation sites (tertiary alicyclic amines) is 1. The van der Waals surface area contributed by atoms with Gasteiger partial charge in [0.15, 0.2) is 5.75 Å². The fraction of sp³-hybridized carbons (Fsp3) is 0.385. The Morgan fingerprint density at radius 2 is 1.75 bits per heavy atom. The molecule has 0 unspecified atom stereocenters. The summed E-state index contributed by atoms with van der Waals surface area (Å²) in [5.74, 6) is -1.83. The Kier molecular flexibility index (Phi) is 9.79. The molecule has 0 radical (unpaired) electrons. The zero-order valence-corrected chi connectivity index (χ0v) is 21.3. The fourth-order valence-electron chi connectivity index (χ4n) is 4.07. The van der Waals surface area contributed by atoms with E-state index < -0.39 is 46.7 Å². The summed E-state index contributed by atoms with van der Waals surface area (Å²) in [6.07, 6.45) is -8.98. The second-order valence-corrected chi connectivity index (χ2v) is 9.00. The maximum atomic E-state index is 14.0. The second-order valence-electron chi connectivity index (χ2n) is 9.00. The number of carbonyl (C=O) groups excluding carboxylic acids is 1. The summed E-state index contributed by atoms with van der Waals surface area (Å²) in [7, 11) is 1.14. The molecule has 1 saturated heterocycles. The first kappa shape index (κ1) is 30.9. The third kappa shape index (κ3) is 7.72. The van der Waals surface area contributed by atoms with Crippen molar-refractivity contribution in [3.8, 4) is 5.75 Å². The Hall–Kier alpha value is -3.65. The van der Waals surface area contributed by atoms with Gasteiger partial charge in [-0.1, -0.05) is 0 Å². The fourth-order valence-corrected chi connectivity index (χ4v) is 4.07. The number of carbonyl (C=O) groups is 1. The normalized spacial score (nSPS) is 16.0. The number of hydrogen-bond acceptors (Lipinski definition) is 6. The highest BCUT2D eigenvalue weighted by Gasteiger charge is 2.41. The Morgan fingerprint density at radius 1 is 1.12 bits per heavy atom. The van der Waals surface area contributed by atoms with Crippen molar-refractivity contribution >= 4 is 23.6 Å². The van der Waals surface area contributed by atoms with Crippen LogP contribution in [0.5, 0.6) is 5.75 Å². The van der Waals surface area contributed by atoms with Gasteiger partial charge in [-0.2, -0.15) is 26.3 Å². The van der Waals surface area contributed by atoms with E-state index in [0.717, 1.165) is 36.5 Å². The number of allylic oxidation sites excluding steroid dienone is 1. The first-order valence-corrected chi connectivity index (χ1v) is 12.1. The molecule has 14 heteroatoms. The van der Waals surface area contributed by atoms with E-state index in [0.29, 0.717) is 38.5 Å². The number of aliphatic imine (C=N–C) groups is 1. The molecule has 1 fully saturated rings. The van der Waals surface area contributed by atoms with Gasteiger partial charge in [-0.05, 0) is 49.2 Å². The summed E-state index contributed by atoms with van der Waals surface area (Å²) < 4.78 is 101. The molecule has 40 heavy (non-hydrogen) atoms. The molecule has 3 rings (SSSR count). The summed E-state index contributed by atoms with van der Waals surface area (Å²) in [5.41, 5.74) is 1.13. The maximum Gasteiger partial charge on any atom is 0.420 e. The van der Waals surface area contributed by atoms with Crippen LogP contribution in [-0.4, -0.2) is 61.6 Å². The summed E-state index contributed by atoms with van der Waals surface area (Å²) in [6.45, 7) is 1.62. The number of nitrogens with two attached hydrogens (primary N) is 1. The van der Waals surface area contributed by atoms with Crippen LogP contribution >= 0.6 is 0 Å². The third-order valence-electron chi connectivity index (χ3n) is 6.29. The monoisotopic (exact) mass is 576 g/mol. The molecule has 1 heterocycles. The quantitative estimate of drug-likeness (QED) is 0.344. The number of β-amino-alcohol motifs (C(OH)–C–C–N with tert-alkyl or cyclic N) is 1. The van der Waals surface area contributed by atoms with Crippen LogP contribution in [0.1, 0.15) is 29.5 Å². The number of ether oxygens (including phenoxy) is 1. The van der Waals surface area contributed by atoms with Crippen LogP contribution in [0.2, 0.25) is 0 Å². The van der Waals surface area contributed by atoms with Gasteiger partial charge >= 0.3 is 18.4 Å². The second kappa shape index (κ2) is 12.7. The summed E-state index contributed by atoms with van der Waals surface area (Å²) >= 11 is 0. The number of amides is 1. The highest BCUT2D eigenvalue weighted by atomic mass is 19.4. The van der Waals surface area contributed by atoms with Crippen molar-refractivity contribution in [2.45, 2.75) is 31.2 Å². The standard InChI is InChI=1S/C26H27F7N4O3/c1-36(20-4-2-18(27)3-5-20)24(39)40-23-21(12-17(25(28,29)30)13-22(23)26(31,32)33)16(14-34)15-35-19-6-8-37(9-7-19)10-11-38/h2-5,12-15,19,38H,6-11,34H2,1H3. The lowest BCUT2D eigenvalue weighted by molar-refractivity contribution is -0.143. The Bertz CT molecular complexity index is 1240. The van der Waals surface area contributed by atoms with Gasteiger partial charge in [-0.3, -0.25) is 9.89 Å². The maximum absolute atomic E-state index is 14.0. The van der Waals surface area contributed by atoms with Crippen molar-refractivity contribution in [1.29, 1.82) is 0 Å². The molecule has 1 aliphatic heterocycles. The van der Waals surface area contributed by atoms with Gasteiger partial charge in [0.25, 0.3) is 0 Å². The zero-order chi connectivity index (χ0) is 29.7. The van der Waals surface area contributed by atoms with Crippen molar-refractivity contribution in [2.75, 3.05) is 38.2 Å². The molecule has 0 atom stereocenters. The van der Waals surface area contributed by atoms with Gasteiger partial charge in [0, 0.05) is 55.9 Å². The number of aliphatic hydroxyl groups is 1. The van der Waals surface area contributed by atoms with Crippen LogP contribution in [0.15, 0.2) is 47.6 Å². The van der Waals surface area contributed by atoms with E-state index in [4.69, 9.17) is 15.6 Å². The Morgan fingerprint density at radius 3 is 2.27 bits per heavy atom. The van der Waals surface area contributed by atoms with Gasteiger partial charge in [0.05, 0.1) is 23.8 Å². The van der Waals surface area contributed by atoms with Gasteiger partial charge in [0.1, 0.15) is 5.82 Å². The number of alkyl halides is 6. The first-order chi connectivity index (χ1) is 18.7. The molecule has 2 aromatic rings. The molecule has 0 spiro atoms. The van der Waals surface area contributed by atoms with E-state index in [1.807, 2.05) is 4.90 Å². The van der Waals surface area contributed by atoms with E-state index in [-0.39, 0.29) is 30.0 Å². The van der Waals surface area contributed by atoms with Crippen molar-refractivity contribution in [3.63, 3.8) is 0 Å². The van der Waals surface area contributed by atoms with Crippen LogP contribution < -0.4 is 15.4 Å². The lowest BCUT2D eigenvalue weighted by Gasteiger charge is -2.29. The lowest BCUT2D eigenvalue weighted by atomic mass is 9.97. The largest absolute Gasteiger partial charge is 0.420 e. The van der Waals surface area contributed by atoms with Crippen molar-refractivity contribution < 1.29 is 45.4 Å². The lowest BCUT2D eigenvalue weighted by Crippen LogP contribution is -2.37. The number of piperidine rings is 1. The smallest absolute Gasteiger partial charge is 0.409 e. The van der Waals surface area contributed by atoms with Crippen molar-refractivity contribution in [1.82, 2.24) is 4.90 Å². The minimum Gasteiger partial charge on any atom is -0.409 e. The van der Waals surface area contributed by atoms with Gasteiger partial charge in [0.2, 0.25) is 0 Å². The van der Waals surface area contributed by atoms with E-state index in [9.17, 15) is 35.5 Å². The summed E-state index contributed by atoms with van der Waals surface area (Å²) in [5, 5.41) is 9.07. The van der Waals surface area contributed by atoms with Crippen LogP contribution in [0.4, 0.5) is 41.2 Å². The van der Waals surface area contributed by atoms with Crippen LogP contribution in [-0.2, 0) is 12.4 Å². The Balaban J connectivity index is 2.04. The molecule has 0 saturated carbocycles. The first-order valence-electron chi connectivity index (χ1n) is 12.1. The molecular weight excluding hydrogens is 549 g/mol. The highest BCUT2D eigenvalue weighted by molar-refractivity contribution is 6.11. The number of rotatable bonds is 7. The van der Waals surface area contributed by atoms with E-state index in [1.165, 1.54) is 12.1 Å². The third-order valence-corrected chi connectivity index (χ3v) is 6.29. The minimum absolute atomic E-state index is 0.0249. The van der Waals surface area contributed by atoms with Crippen LogP contribution in [0.3, 0.4) is 0 Å². The van der Waals surface area contributed by atoms with Gasteiger partial charge in [-0.25, -0.2) is 9.18 Å². The van der Waals surface area contributed by atoms with Crippen molar-refractivity contribution in [2.24, 2.45) is 10.7 Å². The molecule has 3 N–H and O–H groups in total. The SMILES string of the molecule is CN(C(=O)Oc1c(C(C=NC2CCN(CCO)CC2)=CN)cc(C(F)(F)F)cc1C(F)(F)F)c1ccc(F)cc1.